The minimum absolute atomic E-state index is 0.0244. The third-order valence-electron chi connectivity index (χ3n) is 5.68. The molecule has 0 unspecified atom stereocenters. The van der Waals surface area contributed by atoms with Gasteiger partial charge in [-0.05, 0) is 24.5 Å². The highest BCUT2D eigenvalue weighted by atomic mass is 19.4. The van der Waals surface area contributed by atoms with Crippen molar-refractivity contribution >= 4 is 17.8 Å². The van der Waals surface area contributed by atoms with Gasteiger partial charge >= 0.3 is 24.3 Å². The van der Waals surface area contributed by atoms with Gasteiger partial charge in [-0.3, -0.25) is 9.88 Å². The molecular formula is C21H26F6N4O5. The summed E-state index contributed by atoms with van der Waals surface area (Å²) >= 11 is 0. The van der Waals surface area contributed by atoms with Crippen LogP contribution in [0, 0.1) is 0 Å². The van der Waals surface area contributed by atoms with Gasteiger partial charge in [0.25, 0.3) is 0 Å². The van der Waals surface area contributed by atoms with Crippen molar-refractivity contribution in [2.75, 3.05) is 26.2 Å². The van der Waals surface area contributed by atoms with E-state index in [2.05, 4.69) is 26.0 Å². The number of pyridine rings is 1. The van der Waals surface area contributed by atoms with Crippen molar-refractivity contribution in [1.82, 2.24) is 14.8 Å². The zero-order valence-electron chi connectivity index (χ0n) is 19.1. The summed E-state index contributed by atoms with van der Waals surface area (Å²) < 4.78 is 63.5. The number of carboxylic acid groups (broad SMARTS) is 2. The monoisotopic (exact) mass is 528 g/mol. The Morgan fingerprint density at radius 3 is 1.94 bits per heavy atom. The first kappa shape index (κ1) is 29.1. The van der Waals surface area contributed by atoms with Gasteiger partial charge in [0.15, 0.2) is 0 Å². The predicted octanol–water partition coefficient (Wildman–Crippen LogP) is 3.51. The van der Waals surface area contributed by atoms with Gasteiger partial charge in [-0.15, -0.1) is 0 Å². The van der Waals surface area contributed by atoms with Crippen molar-refractivity contribution in [2.24, 2.45) is 5.16 Å². The molecule has 1 aromatic rings. The molecule has 2 fully saturated rings. The number of hydrogen-bond acceptors (Lipinski definition) is 7. The summed E-state index contributed by atoms with van der Waals surface area (Å²) in [4.78, 5) is 32.8. The number of alkyl halides is 6. The summed E-state index contributed by atoms with van der Waals surface area (Å²) in [6, 6.07) is 4.16. The first-order valence-electron chi connectivity index (χ1n) is 10.9. The van der Waals surface area contributed by atoms with Crippen LogP contribution < -0.4 is 0 Å². The third kappa shape index (κ3) is 9.17. The van der Waals surface area contributed by atoms with Crippen molar-refractivity contribution in [2.45, 2.75) is 56.6 Å². The lowest BCUT2D eigenvalue weighted by molar-refractivity contribution is -0.193. The number of oxime groups is 1. The minimum atomic E-state index is -5.08. The fourth-order valence-corrected chi connectivity index (χ4v) is 3.78. The number of amidine groups is 1. The summed E-state index contributed by atoms with van der Waals surface area (Å²) in [6.45, 7) is 5.47. The van der Waals surface area contributed by atoms with Gasteiger partial charge in [0.05, 0.1) is 6.42 Å². The van der Waals surface area contributed by atoms with Crippen molar-refractivity contribution in [1.29, 1.82) is 0 Å². The van der Waals surface area contributed by atoms with E-state index < -0.39 is 24.3 Å². The molecule has 4 rings (SSSR count). The molecule has 0 aromatic carbocycles. The largest absolute Gasteiger partial charge is 0.490 e. The second kappa shape index (κ2) is 12.2. The minimum Gasteiger partial charge on any atom is -0.475 e. The number of piperidine rings is 1. The summed E-state index contributed by atoms with van der Waals surface area (Å²) in [5, 5.41) is 18.7. The van der Waals surface area contributed by atoms with Crippen LogP contribution in [0.4, 0.5) is 26.3 Å². The number of carbonyl (C=O) groups is 2. The first-order valence-corrected chi connectivity index (χ1v) is 10.9. The molecular weight excluding hydrogens is 502 g/mol. The fraction of sp³-hybridized carbons (Fsp3) is 0.619. The second-order valence-corrected chi connectivity index (χ2v) is 8.40. The van der Waals surface area contributed by atoms with Gasteiger partial charge in [-0.25, -0.2) is 9.59 Å². The van der Waals surface area contributed by atoms with Gasteiger partial charge in [0.1, 0.15) is 11.4 Å². The van der Waals surface area contributed by atoms with E-state index in [0.29, 0.717) is 0 Å². The number of rotatable bonds is 2. The van der Waals surface area contributed by atoms with Crippen LogP contribution in [-0.4, -0.2) is 86.9 Å². The highest BCUT2D eigenvalue weighted by Gasteiger charge is 2.43. The highest BCUT2D eigenvalue weighted by molar-refractivity contribution is 5.84. The van der Waals surface area contributed by atoms with E-state index >= 15 is 0 Å². The number of hydrogen-bond donors (Lipinski definition) is 2. The lowest BCUT2D eigenvalue weighted by Gasteiger charge is -2.37. The van der Waals surface area contributed by atoms with Gasteiger partial charge in [0.2, 0.25) is 0 Å². The molecule has 1 aromatic heterocycles. The molecule has 0 aliphatic carbocycles. The van der Waals surface area contributed by atoms with Gasteiger partial charge in [-0.1, -0.05) is 11.2 Å². The molecule has 3 aliphatic heterocycles. The summed E-state index contributed by atoms with van der Waals surface area (Å²) in [6.07, 6.45) is -0.616. The molecule has 0 saturated carbocycles. The maximum Gasteiger partial charge on any atom is 0.490 e. The Hall–Kier alpha value is -3.10. The number of nitrogens with zero attached hydrogens (tertiary/aromatic N) is 4. The number of halogens is 6. The molecule has 1 spiro atoms. The highest BCUT2D eigenvalue weighted by Crippen LogP contribution is 2.36. The summed E-state index contributed by atoms with van der Waals surface area (Å²) in [5.74, 6) is -4.32. The van der Waals surface area contributed by atoms with Crippen LogP contribution >= 0.6 is 0 Å². The normalized spacial score (nSPS) is 19.4. The standard InChI is InChI=1S/C17H24N4O.2C2HF3O2/c1-2-9-21(8-1)16-12-17(22-19-16)5-10-20(11-6-17)14-15-4-3-7-18-13-15;2*3-2(4,5)1(6)7/h3-4,7,13H,1-2,5-6,8-12,14H2;2*(H,6,7). The number of carboxylic acids is 2. The van der Waals surface area contributed by atoms with Gasteiger partial charge in [-0.2, -0.15) is 26.3 Å². The molecule has 4 heterocycles. The fourth-order valence-electron chi connectivity index (χ4n) is 3.78. The predicted molar refractivity (Wildman–Crippen MR) is 113 cm³/mol. The smallest absolute Gasteiger partial charge is 0.475 e. The number of likely N-dealkylation sites (tertiary alicyclic amines) is 2. The molecule has 0 amide bonds. The van der Waals surface area contributed by atoms with E-state index in [1.54, 1.807) is 0 Å². The Morgan fingerprint density at radius 2 is 1.50 bits per heavy atom. The molecule has 2 saturated heterocycles. The van der Waals surface area contributed by atoms with E-state index in [4.69, 9.17) is 24.6 Å². The van der Waals surface area contributed by atoms with E-state index in [-0.39, 0.29) is 5.60 Å². The SMILES string of the molecule is O=C(O)C(F)(F)F.O=C(O)C(F)(F)F.c1cncc(CN2CCC3(CC2)CC(N2CCCC2)=NO3)c1. The zero-order valence-corrected chi connectivity index (χ0v) is 19.1. The first-order chi connectivity index (χ1) is 16.7. The van der Waals surface area contributed by atoms with E-state index in [1.165, 1.54) is 24.2 Å². The number of aromatic nitrogens is 1. The zero-order chi connectivity index (χ0) is 27.0. The van der Waals surface area contributed by atoms with Crippen LogP contribution in [0.1, 0.15) is 37.7 Å². The van der Waals surface area contributed by atoms with E-state index in [1.807, 2.05) is 18.5 Å². The second-order valence-electron chi connectivity index (χ2n) is 8.40. The lowest BCUT2D eigenvalue weighted by Crippen LogP contribution is -2.45. The molecule has 15 heteroatoms. The lowest BCUT2D eigenvalue weighted by atomic mass is 9.88. The molecule has 2 N–H and O–H groups in total. The maximum absolute atomic E-state index is 10.6. The Balaban J connectivity index is 0.000000271. The Kier molecular flexibility index (Phi) is 9.90. The molecule has 0 atom stereocenters. The van der Waals surface area contributed by atoms with Crippen LogP contribution in [0.2, 0.25) is 0 Å². The average molecular weight is 528 g/mol. The van der Waals surface area contributed by atoms with Crippen LogP contribution in [0.5, 0.6) is 0 Å². The molecule has 0 bridgehead atoms. The average Bonchev–Trinajstić information content (AvgIpc) is 3.47. The van der Waals surface area contributed by atoms with Gasteiger partial charge < -0.3 is 20.0 Å². The quantitative estimate of drug-likeness (QED) is 0.561. The van der Waals surface area contributed by atoms with Crippen LogP contribution in [0.15, 0.2) is 29.7 Å². The Labute approximate surface area is 202 Å². The van der Waals surface area contributed by atoms with Crippen molar-refractivity contribution in [3.05, 3.63) is 30.1 Å². The molecule has 3 aliphatic rings. The van der Waals surface area contributed by atoms with Crippen LogP contribution in [0.25, 0.3) is 0 Å². The van der Waals surface area contributed by atoms with Crippen LogP contribution in [0.3, 0.4) is 0 Å². The molecule has 9 nitrogen and oxygen atoms in total. The summed E-state index contributed by atoms with van der Waals surface area (Å²) in [7, 11) is 0. The molecule has 202 valence electrons. The topological polar surface area (TPSA) is 116 Å². The maximum atomic E-state index is 10.6. The Bertz CT molecular complexity index is 872. The van der Waals surface area contributed by atoms with Crippen molar-refractivity contribution < 1.29 is 51.0 Å². The summed E-state index contributed by atoms with van der Waals surface area (Å²) in [5.41, 5.74) is 1.27. The molecule has 36 heavy (non-hydrogen) atoms. The van der Waals surface area contributed by atoms with Crippen LogP contribution in [-0.2, 0) is 21.0 Å². The van der Waals surface area contributed by atoms with Crippen molar-refractivity contribution in [3.8, 4) is 0 Å². The number of aliphatic carboxylic acids is 2. The van der Waals surface area contributed by atoms with Crippen molar-refractivity contribution in [3.63, 3.8) is 0 Å². The third-order valence-corrected chi connectivity index (χ3v) is 5.68. The van der Waals surface area contributed by atoms with E-state index in [0.717, 1.165) is 52.0 Å². The van der Waals surface area contributed by atoms with E-state index in [9.17, 15) is 26.3 Å². The Morgan fingerprint density at radius 1 is 0.972 bits per heavy atom. The van der Waals surface area contributed by atoms with Gasteiger partial charge in [0, 0.05) is 58.0 Å². The molecule has 0 radical (unpaired) electrons.